The zero-order valence-electron chi connectivity index (χ0n) is 7.75. The molecule has 2 heterocycles. The van der Waals surface area contributed by atoms with E-state index in [9.17, 15) is 4.79 Å². The number of fused-ring (bicyclic) bond motifs is 1. The van der Waals surface area contributed by atoms with E-state index < -0.39 is 0 Å². The first kappa shape index (κ1) is 8.05. The van der Waals surface area contributed by atoms with Gasteiger partial charge in [0.05, 0.1) is 11.7 Å². The molecule has 4 nitrogen and oxygen atoms in total. The average Bonchev–Trinajstić information content (AvgIpc) is 2.93. The van der Waals surface area contributed by atoms with Gasteiger partial charge in [0.2, 0.25) is 0 Å². The van der Waals surface area contributed by atoms with Crippen LogP contribution in [0.15, 0.2) is 23.4 Å². The molecule has 1 aliphatic carbocycles. The molecule has 3 N–H and O–H groups in total. The lowest BCUT2D eigenvalue weighted by atomic mass is 9.93. The van der Waals surface area contributed by atoms with Crippen molar-refractivity contribution in [2.45, 2.75) is 19.0 Å². The SMILES string of the molecule is NC1C=CC2=C(N1)C1(CC1)COC2=O. The highest BCUT2D eigenvalue weighted by atomic mass is 16.5. The van der Waals surface area contributed by atoms with Gasteiger partial charge in [-0.15, -0.1) is 0 Å². The van der Waals surface area contributed by atoms with Crippen molar-refractivity contribution < 1.29 is 9.53 Å². The van der Waals surface area contributed by atoms with Crippen LogP contribution in [0.5, 0.6) is 0 Å². The lowest BCUT2D eigenvalue weighted by molar-refractivity contribution is -0.141. The van der Waals surface area contributed by atoms with Gasteiger partial charge in [-0.05, 0) is 25.0 Å². The molecule has 1 fully saturated rings. The number of carbonyl (C=O) groups excluding carboxylic acids is 1. The number of dihydropyridines is 1. The molecule has 1 unspecified atom stereocenters. The van der Waals surface area contributed by atoms with E-state index in [1.165, 1.54) is 0 Å². The molecule has 74 valence electrons. The Morgan fingerprint density at radius 2 is 2.36 bits per heavy atom. The number of nitrogens with two attached hydrogens (primary N) is 1. The summed E-state index contributed by atoms with van der Waals surface area (Å²) in [7, 11) is 0. The summed E-state index contributed by atoms with van der Waals surface area (Å²) < 4.78 is 5.13. The largest absolute Gasteiger partial charge is 0.461 e. The van der Waals surface area contributed by atoms with Crippen LogP contribution in [-0.2, 0) is 9.53 Å². The fourth-order valence-corrected chi connectivity index (χ4v) is 2.08. The van der Waals surface area contributed by atoms with Gasteiger partial charge in [-0.2, -0.15) is 0 Å². The van der Waals surface area contributed by atoms with Crippen LogP contribution in [0, 0.1) is 5.41 Å². The number of esters is 1. The third-order valence-corrected chi connectivity index (χ3v) is 3.13. The highest BCUT2D eigenvalue weighted by Crippen LogP contribution is 2.54. The molecule has 4 heteroatoms. The van der Waals surface area contributed by atoms with Gasteiger partial charge < -0.3 is 15.8 Å². The van der Waals surface area contributed by atoms with E-state index in [2.05, 4.69) is 5.32 Å². The summed E-state index contributed by atoms with van der Waals surface area (Å²) >= 11 is 0. The summed E-state index contributed by atoms with van der Waals surface area (Å²) in [6.45, 7) is 0.512. The lowest BCUT2D eigenvalue weighted by Crippen LogP contribution is -2.44. The third-order valence-electron chi connectivity index (χ3n) is 3.13. The van der Waals surface area contributed by atoms with Crippen molar-refractivity contribution in [3.05, 3.63) is 23.4 Å². The van der Waals surface area contributed by atoms with E-state index in [-0.39, 0.29) is 17.6 Å². The number of cyclic esters (lactones) is 1. The van der Waals surface area contributed by atoms with Crippen LogP contribution < -0.4 is 11.1 Å². The van der Waals surface area contributed by atoms with Crippen molar-refractivity contribution in [3.63, 3.8) is 0 Å². The van der Waals surface area contributed by atoms with Gasteiger partial charge in [-0.3, -0.25) is 0 Å². The molecular weight excluding hydrogens is 180 g/mol. The predicted molar refractivity (Wildman–Crippen MR) is 49.9 cm³/mol. The second-order valence-electron chi connectivity index (χ2n) is 4.17. The van der Waals surface area contributed by atoms with Gasteiger partial charge in [0.1, 0.15) is 6.61 Å². The second kappa shape index (κ2) is 2.39. The maximum atomic E-state index is 11.4. The Kier molecular flexibility index (Phi) is 1.37. The summed E-state index contributed by atoms with van der Waals surface area (Å²) in [5.41, 5.74) is 7.49. The first-order chi connectivity index (χ1) is 6.71. The average molecular weight is 192 g/mol. The number of hydrogen-bond donors (Lipinski definition) is 2. The van der Waals surface area contributed by atoms with Gasteiger partial charge >= 0.3 is 5.97 Å². The minimum atomic E-state index is -0.229. The first-order valence-corrected chi connectivity index (χ1v) is 4.83. The van der Waals surface area contributed by atoms with Gasteiger partial charge in [0, 0.05) is 11.1 Å². The lowest BCUT2D eigenvalue weighted by Gasteiger charge is -2.31. The van der Waals surface area contributed by atoms with Gasteiger partial charge in [-0.1, -0.05) is 0 Å². The van der Waals surface area contributed by atoms with Crippen LogP contribution in [0.1, 0.15) is 12.8 Å². The summed E-state index contributed by atoms with van der Waals surface area (Å²) in [6.07, 6.45) is 5.57. The number of carbonyl (C=O) groups is 1. The standard InChI is InChI=1S/C10H12N2O2/c11-7-2-1-6-8(12-7)10(3-4-10)5-14-9(6)13/h1-2,7,12H,3-5,11H2. The summed E-state index contributed by atoms with van der Waals surface area (Å²) in [4.78, 5) is 11.4. The zero-order chi connectivity index (χ0) is 9.76. The predicted octanol–water partition coefficient (Wildman–Crippen LogP) is 0.0217. The molecule has 1 atom stereocenters. The normalized spacial score (nSPS) is 32.4. The molecule has 1 saturated carbocycles. The molecule has 0 bridgehead atoms. The highest BCUT2D eigenvalue weighted by Gasteiger charge is 2.52. The topological polar surface area (TPSA) is 64.3 Å². The van der Waals surface area contributed by atoms with Crippen LogP contribution in [0.4, 0.5) is 0 Å². The molecule has 2 aliphatic heterocycles. The molecule has 1 spiro atoms. The van der Waals surface area contributed by atoms with Crippen LogP contribution in [0.2, 0.25) is 0 Å². The molecular formula is C10H12N2O2. The Bertz CT molecular complexity index is 366. The molecule has 0 aromatic carbocycles. The number of ether oxygens (including phenoxy) is 1. The molecule has 0 aromatic rings. The maximum Gasteiger partial charge on any atom is 0.339 e. The number of nitrogens with one attached hydrogen (secondary N) is 1. The Hall–Kier alpha value is -1.29. The summed E-state index contributed by atoms with van der Waals surface area (Å²) in [5.74, 6) is -0.229. The molecule has 0 amide bonds. The van der Waals surface area contributed by atoms with Crippen molar-refractivity contribution in [1.82, 2.24) is 5.32 Å². The Labute approximate surface area is 81.8 Å². The van der Waals surface area contributed by atoms with Crippen molar-refractivity contribution >= 4 is 5.97 Å². The molecule has 0 aromatic heterocycles. The molecule has 3 aliphatic rings. The Morgan fingerprint density at radius 1 is 1.57 bits per heavy atom. The quantitative estimate of drug-likeness (QED) is 0.531. The van der Waals surface area contributed by atoms with Crippen LogP contribution in [-0.4, -0.2) is 18.7 Å². The Morgan fingerprint density at radius 3 is 3.07 bits per heavy atom. The van der Waals surface area contributed by atoms with E-state index >= 15 is 0 Å². The second-order valence-corrected chi connectivity index (χ2v) is 4.17. The Balaban J connectivity index is 2.07. The van der Waals surface area contributed by atoms with Crippen molar-refractivity contribution in [1.29, 1.82) is 0 Å². The first-order valence-electron chi connectivity index (χ1n) is 4.83. The van der Waals surface area contributed by atoms with E-state index in [4.69, 9.17) is 10.5 Å². The minimum Gasteiger partial charge on any atom is -0.461 e. The van der Waals surface area contributed by atoms with Crippen molar-refractivity contribution in [2.75, 3.05) is 6.61 Å². The zero-order valence-corrected chi connectivity index (χ0v) is 7.75. The smallest absolute Gasteiger partial charge is 0.339 e. The number of hydrogen-bond acceptors (Lipinski definition) is 4. The van der Waals surface area contributed by atoms with Crippen LogP contribution in [0.25, 0.3) is 0 Å². The summed E-state index contributed by atoms with van der Waals surface area (Å²) in [5, 5.41) is 3.17. The molecule has 3 rings (SSSR count). The van der Waals surface area contributed by atoms with Crippen LogP contribution in [0.3, 0.4) is 0 Å². The van der Waals surface area contributed by atoms with E-state index in [0.29, 0.717) is 12.2 Å². The van der Waals surface area contributed by atoms with E-state index in [1.54, 1.807) is 12.2 Å². The highest BCUT2D eigenvalue weighted by molar-refractivity contribution is 5.94. The van der Waals surface area contributed by atoms with Gasteiger partial charge in [-0.25, -0.2) is 4.79 Å². The minimum absolute atomic E-state index is 0.0750. The van der Waals surface area contributed by atoms with Crippen LogP contribution >= 0.6 is 0 Å². The molecule has 0 radical (unpaired) electrons. The van der Waals surface area contributed by atoms with E-state index in [1.807, 2.05) is 0 Å². The van der Waals surface area contributed by atoms with Crippen molar-refractivity contribution in [3.8, 4) is 0 Å². The molecule has 0 saturated heterocycles. The van der Waals surface area contributed by atoms with Crippen molar-refractivity contribution in [2.24, 2.45) is 11.1 Å². The maximum absolute atomic E-state index is 11.4. The summed E-state index contributed by atoms with van der Waals surface area (Å²) in [6, 6.07) is 0. The van der Waals surface area contributed by atoms with E-state index in [0.717, 1.165) is 18.5 Å². The van der Waals surface area contributed by atoms with Gasteiger partial charge in [0.15, 0.2) is 0 Å². The third kappa shape index (κ3) is 0.944. The van der Waals surface area contributed by atoms with Gasteiger partial charge in [0.25, 0.3) is 0 Å². The fourth-order valence-electron chi connectivity index (χ4n) is 2.08. The fraction of sp³-hybridized carbons (Fsp3) is 0.500. The number of rotatable bonds is 0. The monoisotopic (exact) mass is 192 g/mol. The molecule has 14 heavy (non-hydrogen) atoms.